The van der Waals surface area contributed by atoms with Crippen LogP contribution in [0.1, 0.15) is 59.3 Å². The molecule has 1 aliphatic rings. The van der Waals surface area contributed by atoms with Crippen molar-refractivity contribution in [2.24, 2.45) is 11.7 Å². The van der Waals surface area contributed by atoms with Crippen molar-refractivity contribution < 1.29 is 9.53 Å². The molecule has 1 unspecified atom stereocenters. The molecule has 1 aliphatic carbocycles. The molecule has 0 aromatic heterocycles. The molecule has 1 rings (SSSR count). The fraction of sp³-hybridized carbons (Fsp3) is 0.923. The summed E-state index contributed by atoms with van der Waals surface area (Å²) in [6, 6.07) is -0.442. The summed E-state index contributed by atoms with van der Waals surface area (Å²) in [5, 5.41) is 0. The van der Waals surface area contributed by atoms with Crippen molar-refractivity contribution in [3.05, 3.63) is 0 Å². The maximum absolute atomic E-state index is 11.7. The van der Waals surface area contributed by atoms with E-state index in [1.807, 2.05) is 20.8 Å². The van der Waals surface area contributed by atoms with E-state index in [9.17, 15) is 4.79 Å². The summed E-state index contributed by atoms with van der Waals surface area (Å²) in [5.41, 5.74) is 5.45. The number of hydrogen-bond acceptors (Lipinski definition) is 3. The summed E-state index contributed by atoms with van der Waals surface area (Å²) in [7, 11) is 0. The standard InChI is InChI=1S/C13H25NO2/c1-13(2,3)16-12(15)11(14)9-10-7-5-4-6-8-10/h10-11H,4-9,14H2,1-3H3. The molecule has 0 amide bonds. The van der Waals surface area contributed by atoms with Crippen molar-refractivity contribution in [3.63, 3.8) is 0 Å². The first-order chi connectivity index (χ1) is 7.38. The van der Waals surface area contributed by atoms with E-state index in [4.69, 9.17) is 10.5 Å². The average molecular weight is 227 g/mol. The summed E-state index contributed by atoms with van der Waals surface area (Å²) in [6.07, 6.45) is 7.12. The lowest BCUT2D eigenvalue weighted by Gasteiger charge is -2.26. The lowest BCUT2D eigenvalue weighted by molar-refractivity contribution is -0.157. The second-order valence-corrected chi connectivity index (χ2v) is 5.88. The van der Waals surface area contributed by atoms with Gasteiger partial charge in [-0.2, -0.15) is 0 Å². The van der Waals surface area contributed by atoms with E-state index in [-0.39, 0.29) is 5.97 Å². The van der Waals surface area contributed by atoms with Gasteiger partial charge >= 0.3 is 5.97 Å². The number of ether oxygens (including phenoxy) is 1. The van der Waals surface area contributed by atoms with Gasteiger partial charge in [-0.25, -0.2) is 0 Å². The molecule has 1 saturated carbocycles. The van der Waals surface area contributed by atoms with Crippen LogP contribution in [0.3, 0.4) is 0 Å². The molecule has 1 fully saturated rings. The highest BCUT2D eigenvalue weighted by Gasteiger charge is 2.25. The summed E-state index contributed by atoms with van der Waals surface area (Å²) in [5.74, 6) is 0.370. The quantitative estimate of drug-likeness (QED) is 0.754. The van der Waals surface area contributed by atoms with Gasteiger partial charge in [-0.05, 0) is 33.1 Å². The largest absolute Gasteiger partial charge is 0.459 e. The minimum Gasteiger partial charge on any atom is -0.459 e. The normalized spacial score (nSPS) is 20.5. The Morgan fingerprint density at radius 1 is 1.31 bits per heavy atom. The van der Waals surface area contributed by atoms with Gasteiger partial charge in [0.25, 0.3) is 0 Å². The highest BCUT2D eigenvalue weighted by atomic mass is 16.6. The maximum atomic E-state index is 11.7. The van der Waals surface area contributed by atoms with Crippen LogP contribution < -0.4 is 5.73 Å². The third-order valence-electron chi connectivity index (χ3n) is 3.02. The van der Waals surface area contributed by atoms with E-state index in [1.54, 1.807) is 0 Å². The smallest absolute Gasteiger partial charge is 0.323 e. The number of carbonyl (C=O) groups excluding carboxylic acids is 1. The number of esters is 1. The zero-order valence-electron chi connectivity index (χ0n) is 10.8. The number of carbonyl (C=O) groups is 1. The minimum atomic E-state index is -0.442. The number of hydrogen-bond donors (Lipinski definition) is 1. The Kier molecular flexibility index (Phi) is 4.78. The molecule has 0 aromatic carbocycles. The first-order valence-electron chi connectivity index (χ1n) is 6.37. The first-order valence-corrected chi connectivity index (χ1v) is 6.37. The van der Waals surface area contributed by atoms with Crippen molar-refractivity contribution >= 4 is 5.97 Å². The van der Waals surface area contributed by atoms with E-state index in [0.717, 1.165) is 6.42 Å². The topological polar surface area (TPSA) is 52.3 Å². The van der Waals surface area contributed by atoms with Gasteiger partial charge in [-0.3, -0.25) is 4.79 Å². The lowest BCUT2D eigenvalue weighted by Crippen LogP contribution is -2.38. The molecule has 0 saturated heterocycles. The van der Waals surface area contributed by atoms with Crippen LogP contribution in [0.4, 0.5) is 0 Å². The molecule has 0 heterocycles. The van der Waals surface area contributed by atoms with Gasteiger partial charge < -0.3 is 10.5 Å². The van der Waals surface area contributed by atoms with Crippen molar-refractivity contribution in [1.29, 1.82) is 0 Å². The van der Waals surface area contributed by atoms with E-state index in [1.165, 1.54) is 32.1 Å². The van der Waals surface area contributed by atoms with Gasteiger partial charge in [-0.15, -0.1) is 0 Å². The van der Waals surface area contributed by atoms with Crippen LogP contribution in [-0.2, 0) is 9.53 Å². The van der Waals surface area contributed by atoms with Crippen LogP contribution in [0.15, 0.2) is 0 Å². The fourth-order valence-electron chi connectivity index (χ4n) is 2.26. The van der Waals surface area contributed by atoms with Crippen LogP contribution in [0.2, 0.25) is 0 Å². The second-order valence-electron chi connectivity index (χ2n) is 5.88. The van der Waals surface area contributed by atoms with E-state index < -0.39 is 11.6 Å². The predicted molar refractivity (Wildman–Crippen MR) is 65.0 cm³/mol. The molecule has 0 radical (unpaired) electrons. The monoisotopic (exact) mass is 227 g/mol. The summed E-state index contributed by atoms with van der Waals surface area (Å²) < 4.78 is 5.28. The third kappa shape index (κ3) is 4.97. The van der Waals surface area contributed by atoms with Gasteiger partial charge in [-0.1, -0.05) is 32.1 Å². The molecular weight excluding hydrogens is 202 g/mol. The Bertz CT molecular complexity index is 227. The molecule has 2 N–H and O–H groups in total. The van der Waals surface area contributed by atoms with Crippen molar-refractivity contribution in [1.82, 2.24) is 0 Å². The summed E-state index contributed by atoms with van der Waals surface area (Å²) >= 11 is 0. The highest BCUT2D eigenvalue weighted by Crippen LogP contribution is 2.27. The molecule has 0 spiro atoms. The predicted octanol–water partition coefficient (Wildman–Crippen LogP) is 2.63. The first kappa shape index (κ1) is 13.5. The maximum Gasteiger partial charge on any atom is 0.323 e. The molecule has 94 valence electrons. The average Bonchev–Trinajstić information content (AvgIpc) is 2.16. The Labute approximate surface area is 98.7 Å². The van der Waals surface area contributed by atoms with E-state index in [0.29, 0.717) is 5.92 Å². The Balaban J connectivity index is 2.33. The molecule has 16 heavy (non-hydrogen) atoms. The van der Waals surface area contributed by atoms with Gasteiger partial charge in [0.15, 0.2) is 0 Å². The summed E-state index contributed by atoms with van der Waals surface area (Å²) in [4.78, 5) is 11.7. The molecule has 0 bridgehead atoms. The van der Waals surface area contributed by atoms with Gasteiger partial charge in [0.2, 0.25) is 0 Å². The van der Waals surface area contributed by atoms with Gasteiger partial charge in [0, 0.05) is 0 Å². The molecular formula is C13H25NO2. The fourth-order valence-corrected chi connectivity index (χ4v) is 2.26. The zero-order valence-corrected chi connectivity index (χ0v) is 10.8. The molecule has 3 nitrogen and oxygen atoms in total. The van der Waals surface area contributed by atoms with Crippen molar-refractivity contribution in [2.45, 2.75) is 70.9 Å². The Morgan fingerprint density at radius 2 is 1.88 bits per heavy atom. The van der Waals surface area contributed by atoms with Gasteiger partial charge in [0.1, 0.15) is 11.6 Å². The van der Waals surface area contributed by atoms with Crippen LogP contribution in [0, 0.1) is 5.92 Å². The van der Waals surface area contributed by atoms with Crippen LogP contribution in [-0.4, -0.2) is 17.6 Å². The van der Waals surface area contributed by atoms with Crippen molar-refractivity contribution in [2.75, 3.05) is 0 Å². The van der Waals surface area contributed by atoms with Crippen molar-refractivity contribution in [3.8, 4) is 0 Å². The second kappa shape index (κ2) is 5.67. The Morgan fingerprint density at radius 3 is 2.38 bits per heavy atom. The third-order valence-corrected chi connectivity index (χ3v) is 3.02. The van der Waals surface area contributed by atoms with Crippen LogP contribution in [0.5, 0.6) is 0 Å². The van der Waals surface area contributed by atoms with E-state index in [2.05, 4.69) is 0 Å². The zero-order chi connectivity index (χ0) is 12.2. The molecule has 3 heteroatoms. The van der Waals surface area contributed by atoms with E-state index >= 15 is 0 Å². The Hall–Kier alpha value is -0.570. The summed E-state index contributed by atoms with van der Waals surface area (Å²) in [6.45, 7) is 5.62. The minimum absolute atomic E-state index is 0.252. The molecule has 0 aromatic rings. The molecule has 0 aliphatic heterocycles. The van der Waals surface area contributed by atoms with Gasteiger partial charge in [0.05, 0.1) is 0 Å². The SMILES string of the molecule is CC(C)(C)OC(=O)C(N)CC1CCCCC1. The van der Waals surface area contributed by atoms with Crippen LogP contribution >= 0.6 is 0 Å². The highest BCUT2D eigenvalue weighted by molar-refractivity contribution is 5.75. The number of nitrogens with two attached hydrogens (primary N) is 1. The lowest BCUT2D eigenvalue weighted by atomic mass is 9.85. The van der Waals surface area contributed by atoms with Crippen LogP contribution in [0.25, 0.3) is 0 Å². The molecule has 1 atom stereocenters. The number of rotatable bonds is 3.